The lowest BCUT2D eigenvalue weighted by molar-refractivity contribution is -0.514. The molecule has 0 saturated carbocycles. The Kier molecular flexibility index (Phi) is 5.89. The molecular formula is C22H18N2O5S-2. The molecule has 1 amide bonds. The number of benzene rings is 2. The number of nitrogens with one attached hydrogen (secondary N) is 1. The van der Waals surface area contributed by atoms with Gasteiger partial charge in [0.1, 0.15) is 0 Å². The van der Waals surface area contributed by atoms with E-state index in [1.807, 2.05) is 19.1 Å². The molecule has 2 aromatic rings. The van der Waals surface area contributed by atoms with Crippen LogP contribution >= 0.6 is 0 Å². The van der Waals surface area contributed by atoms with Crippen LogP contribution in [0.2, 0.25) is 0 Å². The molecule has 1 aliphatic rings. The maximum atomic E-state index is 12.8. The summed E-state index contributed by atoms with van der Waals surface area (Å²) in [5, 5.41) is 24.4. The van der Waals surface area contributed by atoms with E-state index in [0.717, 1.165) is 5.56 Å². The molecule has 8 heteroatoms. The fourth-order valence-electron chi connectivity index (χ4n) is 2.77. The van der Waals surface area contributed by atoms with Crippen molar-refractivity contribution in [2.45, 2.75) is 18.7 Å². The van der Waals surface area contributed by atoms with Gasteiger partial charge in [0.25, 0.3) is 15.9 Å². The van der Waals surface area contributed by atoms with Gasteiger partial charge in [0.15, 0.2) is 0 Å². The zero-order valence-corrected chi connectivity index (χ0v) is 17.1. The molecule has 3 rings (SSSR count). The third-order valence-corrected chi connectivity index (χ3v) is 5.90. The Balaban J connectivity index is 1.91. The molecule has 7 nitrogen and oxygen atoms in total. The summed E-state index contributed by atoms with van der Waals surface area (Å²) in [6.45, 7) is 3.45. The monoisotopic (exact) mass is 422 g/mol. The second kappa shape index (κ2) is 8.38. The summed E-state index contributed by atoms with van der Waals surface area (Å²) < 4.78 is 29.4. The SMILES string of the molecule is Cc1ccccc1NC(=O)c1ccc(C)c(S(=O)(=O)N=C2C=CC(=C([O-])[O-])C=C2)c1. The van der Waals surface area contributed by atoms with Crippen LogP contribution in [0.25, 0.3) is 0 Å². The van der Waals surface area contributed by atoms with Crippen LogP contribution in [0, 0.1) is 13.8 Å². The summed E-state index contributed by atoms with van der Waals surface area (Å²) in [4.78, 5) is 12.5. The molecule has 1 aliphatic carbocycles. The smallest absolute Gasteiger partial charge is 0.283 e. The molecule has 0 bridgehead atoms. The molecule has 0 spiro atoms. The van der Waals surface area contributed by atoms with Gasteiger partial charge in [-0.3, -0.25) is 4.79 Å². The first kappa shape index (κ1) is 21.1. The van der Waals surface area contributed by atoms with Gasteiger partial charge < -0.3 is 15.5 Å². The van der Waals surface area contributed by atoms with Crippen molar-refractivity contribution in [3.05, 3.63) is 95.0 Å². The Labute approximate surface area is 174 Å². The number of allylic oxidation sites excluding steroid dienone is 5. The number of amides is 1. The van der Waals surface area contributed by atoms with E-state index in [-0.39, 0.29) is 21.7 Å². The molecule has 0 aromatic heterocycles. The van der Waals surface area contributed by atoms with E-state index >= 15 is 0 Å². The third kappa shape index (κ3) is 4.66. The fourth-order valence-corrected chi connectivity index (χ4v) is 4.02. The second-order valence-electron chi connectivity index (χ2n) is 6.65. The van der Waals surface area contributed by atoms with Gasteiger partial charge >= 0.3 is 0 Å². The van der Waals surface area contributed by atoms with E-state index in [4.69, 9.17) is 0 Å². The average Bonchev–Trinajstić information content (AvgIpc) is 2.70. The van der Waals surface area contributed by atoms with Crippen LogP contribution < -0.4 is 15.5 Å². The lowest BCUT2D eigenvalue weighted by Gasteiger charge is -2.21. The first-order chi connectivity index (χ1) is 14.2. The van der Waals surface area contributed by atoms with Crippen molar-refractivity contribution in [2.75, 3.05) is 5.32 Å². The highest BCUT2D eigenvalue weighted by Gasteiger charge is 2.19. The number of sulfonamides is 1. The van der Waals surface area contributed by atoms with Gasteiger partial charge in [-0.15, -0.1) is 0 Å². The normalized spacial score (nSPS) is 13.3. The number of rotatable bonds is 4. The van der Waals surface area contributed by atoms with Crippen molar-refractivity contribution in [1.82, 2.24) is 0 Å². The number of hydrogen-bond donors (Lipinski definition) is 1. The molecule has 0 atom stereocenters. The highest BCUT2D eigenvalue weighted by atomic mass is 32.2. The topological polar surface area (TPSA) is 122 Å². The number of hydrogen-bond acceptors (Lipinski definition) is 5. The highest BCUT2D eigenvalue weighted by Crippen LogP contribution is 2.22. The number of para-hydroxylation sites is 1. The minimum Gasteiger partial charge on any atom is -0.884 e. The van der Waals surface area contributed by atoms with Crippen molar-refractivity contribution < 1.29 is 23.4 Å². The molecule has 154 valence electrons. The van der Waals surface area contributed by atoms with Crippen LogP contribution in [0.5, 0.6) is 0 Å². The third-order valence-electron chi connectivity index (χ3n) is 4.45. The summed E-state index contributed by atoms with van der Waals surface area (Å²) in [5.41, 5.74) is 2.08. The van der Waals surface area contributed by atoms with E-state index in [1.54, 1.807) is 19.1 Å². The van der Waals surface area contributed by atoms with Gasteiger partial charge in [0.2, 0.25) is 0 Å². The van der Waals surface area contributed by atoms with Crippen LogP contribution in [0.3, 0.4) is 0 Å². The van der Waals surface area contributed by atoms with E-state index in [9.17, 15) is 23.4 Å². The molecule has 0 heterocycles. The predicted molar refractivity (Wildman–Crippen MR) is 110 cm³/mol. The number of nitrogens with zero attached hydrogens (tertiary/aromatic N) is 1. The number of carbonyl (C=O) groups excluding carboxylic acids is 1. The first-order valence-corrected chi connectivity index (χ1v) is 10.4. The molecular weight excluding hydrogens is 404 g/mol. The van der Waals surface area contributed by atoms with Crippen LogP contribution in [0.1, 0.15) is 21.5 Å². The number of carbonyl (C=O) groups is 1. The Morgan fingerprint density at radius 1 is 0.933 bits per heavy atom. The molecule has 0 aliphatic heterocycles. The number of anilines is 1. The van der Waals surface area contributed by atoms with Crippen molar-refractivity contribution in [3.63, 3.8) is 0 Å². The summed E-state index contributed by atoms with van der Waals surface area (Å²) >= 11 is 0. The number of aryl methyl sites for hydroxylation is 2. The second-order valence-corrected chi connectivity index (χ2v) is 8.22. The minimum absolute atomic E-state index is 0.0640. The van der Waals surface area contributed by atoms with Gasteiger partial charge in [-0.25, -0.2) is 0 Å². The van der Waals surface area contributed by atoms with Gasteiger partial charge in [-0.1, -0.05) is 36.4 Å². The lowest BCUT2D eigenvalue weighted by Crippen LogP contribution is -2.20. The Morgan fingerprint density at radius 2 is 1.60 bits per heavy atom. The predicted octanol–water partition coefficient (Wildman–Crippen LogP) is 1.74. The maximum Gasteiger partial charge on any atom is 0.283 e. The molecule has 0 saturated heterocycles. The summed E-state index contributed by atoms with van der Waals surface area (Å²) in [6.07, 6.45) is 4.96. The summed E-state index contributed by atoms with van der Waals surface area (Å²) in [6, 6.07) is 11.6. The Bertz CT molecular complexity index is 1220. The lowest BCUT2D eigenvalue weighted by atomic mass is 10.1. The van der Waals surface area contributed by atoms with Crippen LogP contribution in [0.15, 0.2) is 87.6 Å². The van der Waals surface area contributed by atoms with Gasteiger partial charge in [0.05, 0.1) is 10.6 Å². The molecule has 1 N–H and O–H groups in total. The largest absolute Gasteiger partial charge is 0.884 e. The van der Waals surface area contributed by atoms with Gasteiger partial charge in [0, 0.05) is 11.3 Å². The fraction of sp³-hybridized carbons (Fsp3) is 0.0909. The van der Waals surface area contributed by atoms with Crippen molar-refractivity contribution >= 4 is 27.3 Å². The van der Waals surface area contributed by atoms with Crippen molar-refractivity contribution in [1.29, 1.82) is 0 Å². The first-order valence-electron chi connectivity index (χ1n) is 8.94. The standard InChI is InChI=1S/C22H20N2O5S/c1-14-5-3-4-6-19(14)23-21(25)17-8-7-15(2)20(13-17)30(28,29)24-18-11-9-16(10-12-18)22(26)27/h3-13,26-27H,1-2H3,(H,23,25)/p-2. The molecule has 0 unspecified atom stereocenters. The average molecular weight is 422 g/mol. The summed E-state index contributed by atoms with van der Waals surface area (Å²) in [7, 11) is -4.13. The van der Waals surface area contributed by atoms with Crippen molar-refractivity contribution in [3.8, 4) is 0 Å². The highest BCUT2D eigenvalue weighted by molar-refractivity contribution is 7.90. The van der Waals surface area contributed by atoms with Crippen LogP contribution in [0.4, 0.5) is 5.69 Å². The maximum absolute atomic E-state index is 12.8. The molecule has 2 aromatic carbocycles. The zero-order chi connectivity index (χ0) is 21.9. The minimum atomic E-state index is -4.13. The summed E-state index contributed by atoms with van der Waals surface area (Å²) in [5.74, 6) is -1.81. The van der Waals surface area contributed by atoms with E-state index in [0.29, 0.717) is 11.3 Å². The van der Waals surface area contributed by atoms with E-state index < -0.39 is 21.9 Å². The van der Waals surface area contributed by atoms with Gasteiger partial charge in [-0.2, -0.15) is 18.8 Å². The van der Waals surface area contributed by atoms with Crippen LogP contribution in [-0.2, 0) is 10.0 Å². The van der Waals surface area contributed by atoms with Crippen molar-refractivity contribution in [2.24, 2.45) is 4.40 Å². The molecule has 30 heavy (non-hydrogen) atoms. The zero-order valence-electron chi connectivity index (χ0n) is 16.2. The van der Waals surface area contributed by atoms with Crippen LogP contribution in [-0.4, -0.2) is 20.0 Å². The van der Waals surface area contributed by atoms with E-state index in [2.05, 4.69) is 9.71 Å². The van der Waals surface area contributed by atoms with E-state index in [1.165, 1.54) is 42.5 Å². The molecule has 0 radical (unpaired) electrons. The van der Waals surface area contributed by atoms with Gasteiger partial charge in [-0.05, 0) is 60.9 Å². The molecule has 0 fully saturated rings. The quantitative estimate of drug-likeness (QED) is 0.752. The Morgan fingerprint density at radius 3 is 2.23 bits per heavy atom. The Hall–Kier alpha value is -3.65.